The number of pyridine rings is 1. The Hall–Kier alpha value is -2.46. The highest BCUT2D eigenvalue weighted by molar-refractivity contribution is 7.80. The Bertz CT molecular complexity index is 813. The van der Waals surface area contributed by atoms with E-state index >= 15 is 0 Å². The third-order valence-corrected chi connectivity index (χ3v) is 3.42. The van der Waals surface area contributed by atoms with Crippen LogP contribution in [0, 0.1) is 6.92 Å². The van der Waals surface area contributed by atoms with Gasteiger partial charge >= 0.3 is 0 Å². The molecule has 3 aromatic rings. The van der Waals surface area contributed by atoms with Gasteiger partial charge in [-0.25, -0.2) is 4.98 Å². The van der Waals surface area contributed by atoms with Crippen molar-refractivity contribution < 1.29 is 4.74 Å². The molecule has 21 heavy (non-hydrogen) atoms. The summed E-state index contributed by atoms with van der Waals surface area (Å²) >= 11 is 5.13. The fraction of sp³-hybridized carbons (Fsp3) is 0.0588. The number of aryl methyl sites for hydroxylation is 1. The monoisotopic (exact) mass is 294 g/mol. The first kappa shape index (κ1) is 13.5. The van der Waals surface area contributed by atoms with E-state index in [1.807, 2.05) is 55.5 Å². The Morgan fingerprint density at radius 3 is 2.52 bits per heavy atom. The number of rotatable bonds is 3. The average Bonchev–Trinajstić information content (AvgIpc) is 2.48. The topological polar surface area (TPSA) is 48.1 Å². The highest BCUT2D eigenvalue weighted by Crippen LogP contribution is 2.26. The van der Waals surface area contributed by atoms with E-state index in [-0.39, 0.29) is 0 Å². The first-order valence-electron chi connectivity index (χ1n) is 6.57. The summed E-state index contributed by atoms with van der Waals surface area (Å²) in [5, 5.41) is 0.932. The molecule has 0 saturated heterocycles. The van der Waals surface area contributed by atoms with Gasteiger partial charge in [-0.15, -0.1) is 0 Å². The fourth-order valence-corrected chi connectivity index (χ4v) is 2.30. The zero-order valence-electron chi connectivity index (χ0n) is 11.5. The lowest BCUT2D eigenvalue weighted by atomic mass is 10.1. The molecule has 2 aromatic carbocycles. The summed E-state index contributed by atoms with van der Waals surface area (Å²) < 4.78 is 5.81. The fourth-order valence-electron chi connectivity index (χ4n) is 2.13. The number of benzene rings is 2. The van der Waals surface area contributed by atoms with Crippen molar-refractivity contribution in [2.24, 2.45) is 5.73 Å². The molecule has 0 aliphatic rings. The van der Waals surface area contributed by atoms with Gasteiger partial charge in [0.2, 0.25) is 5.88 Å². The molecule has 3 rings (SSSR count). The van der Waals surface area contributed by atoms with Crippen molar-refractivity contribution in [3.05, 3.63) is 65.7 Å². The van der Waals surface area contributed by atoms with Gasteiger partial charge in [0.15, 0.2) is 0 Å². The minimum absolute atomic E-state index is 0.336. The van der Waals surface area contributed by atoms with Crippen LogP contribution in [0.25, 0.3) is 10.9 Å². The lowest BCUT2D eigenvalue weighted by Crippen LogP contribution is -2.10. The van der Waals surface area contributed by atoms with Gasteiger partial charge in [0.1, 0.15) is 10.7 Å². The lowest BCUT2D eigenvalue weighted by molar-refractivity contribution is 0.465. The van der Waals surface area contributed by atoms with Crippen LogP contribution in [-0.4, -0.2) is 9.97 Å². The summed E-state index contributed by atoms with van der Waals surface area (Å²) in [6.07, 6.45) is 0. The molecule has 0 atom stereocenters. The molecular formula is C17H14N2OS. The number of nitrogens with zero attached hydrogens (tertiary/aromatic N) is 1. The summed E-state index contributed by atoms with van der Waals surface area (Å²) in [5.41, 5.74) is 8.57. The number of hydrogen-bond donors (Lipinski definition) is 1. The average molecular weight is 294 g/mol. The third-order valence-electron chi connectivity index (χ3n) is 3.20. The van der Waals surface area contributed by atoms with Crippen molar-refractivity contribution in [3.8, 4) is 11.6 Å². The van der Waals surface area contributed by atoms with Crippen LogP contribution in [0.4, 0.5) is 0 Å². The largest absolute Gasteiger partial charge is 0.439 e. The Morgan fingerprint density at radius 1 is 1.10 bits per heavy atom. The van der Waals surface area contributed by atoms with E-state index in [0.717, 1.165) is 22.2 Å². The van der Waals surface area contributed by atoms with Crippen LogP contribution in [0.2, 0.25) is 0 Å². The van der Waals surface area contributed by atoms with Crippen LogP contribution in [-0.2, 0) is 0 Å². The second-order valence-corrected chi connectivity index (χ2v) is 5.24. The molecule has 1 aromatic heterocycles. The normalized spacial score (nSPS) is 10.5. The van der Waals surface area contributed by atoms with Gasteiger partial charge in [0, 0.05) is 17.0 Å². The maximum Gasteiger partial charge on any atom is 0.220 e. The van der Waals surface area contributed by atoms with Crippen LogP contribution in [0.5, 0.6) is 11.6 Å². The van der Waals surface area contributed by atoms with Gasteiger partial charge < -0.3 is 10.5 Å². The molecule has 0 bridgehead atoms. The predicted octanol–water partition coefficient (Wildman–Crippen LogP) is 3.97. The minimum atomic E-state index is 0.336. The van der Waals surface area contributed by atoms with E-state index in [2.05, 4.69) is 4.98 Å². The number of thiocarbonyl (C=S) groups is 1. The van der Waals surface area contributed by atoms with E-state index in [9.17, 15) is 0 Å². The SMILES string of the molecule is Cc1ccc(Oc2cc(C(N)=S)c3ccccc3n2)cc1. The third kappa shape index (κ3) is 2.85. The quantitative estimate of drug-likeness (QED) is 0.743. The Labute approximate surface area is 128 Å². The molecule has 0 saturated carbocycles. The maximum absolute atomic E-state index is 5.81. The molecule has 3 nitrogen and oxygen atoms in total. The molecule has 0 fully saturated rings. The highest BCUT2D eigenvalue weighted by Gasteiger charge is 2.09. The predicted molar refractivity (Wildman–Crippen MR) is 88.9 cm³/mol. The van der Waals surface area contributed by atoms with Gasteiger partial charge in [-0.2, -0.15) is 0 Å². The van der Waals surface area contributed by atoms with Crippen LogP contribution in [0.3, 0.4) is 0 Å². The summed E-state index contributed by atoms with van der Waals surface area (Å²) in [6.45, 7) is 2.03. The molecule has 0 aliphatic carbocycles. The van der Waals surface area contributed by atoms with E-state index in [1.54, 1.807) is 6.07 Å². The van der Waals surface area contributed by atoms with Gasteiger partial charge in [0.25, 0.3) is 0 Å². The van der Waals surface area contributed by atoms with E-state index in [0.29, 0.717) is 10.9 Å². The van der Waals surface area contributed by atoms with E-state index < -0.39 is 0 Å². The van der Waals surface area contributed by atoms with E-state index in [1.165, 1.54) is 5.56 Å². The number of nitrogens with two attached hydrogens (primary N) is 1. The number of hydrogen-bond acceptors (Lipinski definition) is 3. The molecule has 0 radical (unpaired) electrons. The molecule has 0 aliphatic heterocycles. The number of para-hydroxylation sites is 1. The van der Waals surface area contributed by atoms with Crippen molar-refractivity contribution in [1.82, 2.24) is 4.98 Å². The highest BCUT2D eigenvalue weighted by atomic mass is 32.1. The van der Waals surface area contributed by atoms with Gasteiger partial charge in [-0.05, 0) is 25.1 Å². The Kier molecular flexibility index (Phi) is 3.54. The molecule has 0 amide bonds. The Morgan fingerprint density at radius 2 is 1.81 bits per heavy atom. The van der Waals surface area contributed by atoms with Gasteiger partial charge in [0.05, 0.1) is 5.52 Å². The van der Waals surface area contributed by atoms with Crippen LogP contribution in [0.1, 0.15) is 11.1 Å². The zero-order valence-corrected chi connectivity index (χ0v) is 12.4. The molecule has 0 spiro atoms. The number of fused-ring (bicyclic) bond motifs is 1. The molecular weight excluding hydrogens is 280 g/mol. The zero-order chi connectivity index (χ0) is 14.8. The molecule has 4 heteroatoms. The lowest BCUT2D eigenvalue weighted by Gasteiger charge is -2.09. The maximum atomic E-state index is 5.81. The number of aromatic nitrogens is 1. The molecule has 2 N–H and O–H groups in total. The summed E-state index contributed by atoms with van der Waals surface area (Å²) in [4.78, 5) is 4.83. The second-order valence-electron chi connectivity index (χ2n) is 4.80. The van der Waals surface area contributed by atoms with Crippen molar-refractivity contribution in [2.75, 3.05) is 0 Å². The van der Waals surface area contributed by atoms with Crippen LogP contribution >= 0.6 is 12.2 Å². The smallest absolute Gasteiger partial charge is 0.220 e. The van der Waals surface area contributed by atoms with Crippen molar-refractivity contribution in [1.29, 1.82) is 0 Å². The van der Waals surface area contributed by atoms with Gasteiger partial charge in [-0.3, -0.25) is 0 Å². The standard InChI is InChI=1S/C17H14N2OS/c1-11-6-8-12(9-7-11)20-16-10-14(17(18)21)13-4-2-3-5-15(13)19-16/h2-10H,1H3,(H2,18,21). The van der Waals surface area contributed by atoms with Crippen LogP contribution < -0.4 is 10.5 Å². The molecule has 0 unspecified atom stereocenters. The van der Waals surface area contributed by atoms with Crippen molar-refractivity contribution in [2.45, 2.75) is 6.92 Å². The summed E-state index contributed by atoms with van der Waals surface area (Å²) in [5.74, 6) is 1.22. The molecule has 104 valence electrons. The summed E-state index contributed by atoms with van der Waals surface area (Å²) in [6, 6.07) is 17.3. The van der Waals surface area contributed by atoms with Crippen molar-refractivity contribution >= 4 is 28.1 Å². The number of ether oxygens (including phenoxy) is 1. The van der Waals surface area contributed by atoms with Crippen molar-refractivity contribution in [3.63, 3.8) is 0 Å². The first-order chi connectivity index (χ1) is 10.1. The first-order valence-corrected chi connectivity index (χ1v) is 6.98. The summed E-state index contributed by atoms with van der Waals surface area (Å²) in [7, 11) is 0. The van der Waals surface area contributed by atoms with E-state index in [4.69, 9.17) is 22.7 Å². The molecule has 1 heterocycles. The minimum Gasteiger partial charge on any atom is -0.439 e. The second kappa shape index (κ2) is 5.50. The Balaban J connectivity index is 2.06. The van der Waals surface area contributed by atoms with Gasteiger partial charge in [-0.1, -0.05) is 48.1 Å². The van der Waals surface area contributed by atoms with Crippen LogP contribution in [0.15, 0.2) is 54.6 Å².